The third-order valence-corrected chi connectivity index (χ3v) is 3.92. The van der Waals surface area contributed by atoms with E-state index in [1.54, 1.807) is 0 Å². The van der Waals surface area contributed by atoms with Crippen LogP contribution in [0.3, 0.4) is 0 Å². The quantitative estimate of drug-likeness (QED) is 0.527. The van der Waals surface area contributed by atoms with E-state index in [-0.39, 0.29) is 12.1 Å². The SMILES string of the molecule is CC(C)C(=O)c1ccc(OCc2ccc(C[NH-])cc2F)c(C(F)(F)F)c1O. The Balaban J connectivity index is 2.39. The van der Waals surface area contributed by atoms with Gasteiger partial charge in [-0.2, -0.15) is 13.2 Å². The molecule has 2 rings (SSSR count). The first kappa shape index (κ1) is 20.7. The number of aromatic hydroxyl groups is 1. The molecule has 0 fully saturated rings. The summed E-state index contributed by atoms with van der Waals surface area (Å²) in [5, 5.41) is 10.0. The van der Waals surface area contributed by atoms with Crippen molar-refractivity contribution in [1.82, 2.24) is 0 Å². The van der Waals surface area contributed by atoms with Gasteiger partial charge >= 0.3 is 6.18 Å². The van der Waals surface area contributed by atoms with Gasteiger partial charge in [0.15, 0.2) is 5.78 Å². The van der Waals surface area contributed by atoms with E-state index >= 15 is 0 Å². The van der Waals surface area contributed by atoms with E-state index in [9.17, 15) is 27.5 Å². The molecule has 0 amide bonds. The topological polar surface area (TPSA) is 70.3 Å². The van der Waals surface area contributed by atoms with E-state index in [1.807, 2.05) is 0 Å². The standard InChI is InChI=1S/C19H18F4NO3/c1-10(2)17(25)13-5-6-15(16(18(13)26)19(21,22)23)27-9-12-4-3-11(8-24)7-14(12)20/h3-7,10,24,26H,8-9H2,1-2H3/q-1. The fraction of sp³-hybridized carbons (Fsp3) is 0.316. The average Bonchev–Trinajstić information content (AvgIpc) is 2.58. The maximum absolute atomic E-state index is 13.9. The van der Waals surface area contributed by atoms with Crippen molar-refractivity contribution >= 4 is 5.78 Å². The fourth-order valence-electron chi connectivity index (χ4n) is 2.45. The van der Waals surface area contributed by atoms with Crippen molar-refractivity contribution in [2.45, 2.75) is 33.2 Å². The number of carbonyl (C=O) groups is 1. The van der Waals surface area contributed by atoms with Crippen molar-refractivity contribution in [2.75, 3.05) is 0 Å². The number of alkyl halides is 3. The molecule has 8 heteroatoms. The number of ketones is 1. The minimum absolute atomic E-state index is 0.00199. The predicted octanol–water partition coefficient (Wildman–Crippen LogP) is 5.52. The van der Waals surface area contributed by atoms with Gasteiger partial charge < -0.3 is 15.6 Å². The van der Waals surface area contributed by atoms with Crippen LogP contribution in [-0.2, 0) is 19.3 Å². The molecule has 0 aromatic heterocycles. The summed E-state index contributed by atoms with van der Waals surface area (Å²) in [6, 6.07) is 5.90. The largest absolute Gasteiger partial charge is 0.674 e. The molecule has 0 spiro atoms. The van der Waals surface area contributed by atoms with Crippen LogP contribution in [0.25, 0.3) is 5.73 Å². The number of hydrogen-bond donors (Lipinski definition) is 1. The van der Waals surface area contributed by atoms with Crippen LogP contribution >= 0.6 is 0 Å². The van der Waals surface area contributed by atoms with Gasteiger partial charge in [-0.15, -0.1) is 6.54 Å². The normalized spacial score (nSPS) is 11.7. The van der Waals surface area contributed by atoms with Crippen LogP contribution < -0.4 is 4.74 Å². The average molecular weight is 384 g/mol. The van der Waals surface area contributed by atoms with E-state index < -0.39 is 52.9 Å². The summed E-state index contributed by atoms with van der Waals surface area (Å²) in [5.41, 5.74) is 5.67. The molecule has 4 nitrogen and oxygen atoms in total. The molecule has 0 aliphatic rings. The molecule has 0 unspecified atom stereocenters. The van der Waals surface area contributed by atoms with E-state index in [1.165, 1.54) is 26.0 Å². The zero-order valence-electron chi connectivity index (χ0n) is 14.7. The van der Waals surface area contributed by atoms with Crippen LogP contribution in [0.4, 0.5) is 17.6 Å². The molecule has 0 saturated heterocycles. The number of ether oxygens (including phenoxy) is 1. The number of halogens is 4. The summed E-state index contributed by atoms with van der Waals surface area (Å²) < 4.78 is 59.3. The van der Waals surface area contributed by atoms with Gasteiger partial charge in [-0.3, -0.25) is 4.79 Å². The number of rotatable bonds is 6. The van der Waals surface area contributed by atoms with Gasteiger partial charge in [-0.1, -0.05) is 31.5 Å². The van der Waals surface area contributed by atoms with E-state index in [0.717, 1.165) is 18.2 Å². The van der Waals surface area contributed by atoms with Gasteiger partial charge in [-0.05, 0) is 18.2 Å². The van der Waals surface area contributed by atoms with Gasteiger partial charge in [0.25, 0.3) is 0 Å². The highest BCUT2D eigenvalue weighted by molar-refractivity contribution is 6.00. The maximum Gasteiger partial charge on any atom is 0.423 e. The third kappa shape index (κ3) is 4.57. The van der Waals surface area contributed by atoms with E-state index in [0.29, 0.717) is 5.56 Å². The number of Topliss-reactive ketones (excluding diaryl/α,β-unsaturated/α-hetero) is 1. The smallest absolute Gasteiger partial charge is 0.423 e. The number of hydrogen-bond acceptors (Lipinski definition) is 3. The zero-order valence-corrected chi connectivity index (χ0v) is 14.7. The van der Waals surface area contributed by atoms with Crippen molar-refractivity contribution < 1.29 is 32.2 Å². The molecule has 0 aliphatic carbocycles. The Hall–Kier alpha value is -2.61. The molecule has 0 aliphatic heterocycles. The summed E-state index contributed by atoms with van der Waals surface area (Å²) in [7, 11) is 0. The fourth-order valence-corrected chi connectivity index (χ4v) is 2.45. The van der Waals surface area contributed by atoms with Crippen molar-refractivity contribution in [3.05, 3.63) is 64.1 Å². The molecule has 27 heavy (non-hydrogen) atoms. The van der Waals surface area contributed by atoms with Crippen molar-refractivity contribution in [2.24, 2.45) is 5.92 Å². The first-order valence-electron chi connectivity index (χ1n) is 8.08. The third-order valence-electron chi connectivity index (χ3n) is 3.92. The summed E-state index contributed by atoms with van der Waals surface area (Å²) >= 11 is 0. The second-order valence-corrected chi connectivity index (χ2v) is 6.24. The molecule has 2 N–H and O–H groups in total. The summed E-state index contributed by atoms with van der Waals surface area (Å²) in [6.45, 7) is 2.37. The molecule has 0 heterocycles. The Bertz CT molecular complexity index is 848. The van der Waals surface area contributed by atoms with Crippen LogP contribution in [0.2, 0.25) is 0 Å². The number of carbonyl (C=O) groups excluding carboxylic acids is 1. The van der Waals surface area contributed by atoms with Crippen molar-refractivity contribution in [1.29, 1.82) is 0 Å². The summed E-state index contributed by atoms with van der Waals surface area (Å²) in [5.74, 6) is -3.85. The van der Waals surface area contributed by atoms with Crippen LogP contribution in [0.15, 0.2) is 30.3 Å². The number of benzene rings is 2. The van der Waals surface area contributed by atoms with Crippen LogP contribution in [0.5, 0.6) is 11.5 Å². The van der Waals surface area contributed by atoms with Gasteiger partial charge in [0.2, 0.25) is 0 Å². The first-order chi connectivity index (χ1) is 12.6. The van der Waals surface area contributed by atoms with Gasteiger partial charge in [0.05, 0.1) is 5.56 Å². The van der Waals surface area contributed by atoms with E-state index in [2.05, 4.69) is 0 Å². The van der Waals surface area contributed by atoms with Crippen LogP contribution in [0.1, 0.15) is 40.9 Å². The van der Waals surface area contributed by atoms with Gasteiger partial charge in [0, 0.05) is 11.5 Å². The lowest BCUT2D eigenvalue weighted by molar-refractivity contribution is -0.140. The Morgan fingerprint density at radius 2 is 1.89 bits per heavy atom. The molecular formula is C19H18F4NO3-. The second kappa shape index (κ2) is 7.96. The summed E-state index contributed by atoms with van der Waals surface area (Å²) in [6.07, 6.45) is -4.97. The van der Waals surface area contributed by atoms with Crippen LogP contribution in [-0.4, -0.2) is 10.9 Å². The lowest BCUT2D eigenvalue weighted by Gasteiger charge is -2.18. The number of phenolic OH excluding ortho intramolecular Hbond substituents is 1. The molecule has 0 saturated carbocycles. The molecule has 2 aromatic rings. The molecular weight excluding hydrogens is 366 g/mol. The second-order valence-electron chi connectivity index (χ2n) is 6.24. The lowest BCUT2D eigenvalue weighted by Crippen LogP contribution is -2.14. The minimum Gasteiger partial charge on any atom is -0.674 e. The molecule has 0 radical (unpaired) electrons. The lowest BCUT2D eigenvalue weighted by atomic mass is 9.97. The first-order valence-corrected chi connectivity index (χ1v) is 8.08. The Kier molecular flexibility index (Phi) is 6.10. The molecule has 146 valence electrons. The molecule has 0 atom stereocenters. The highest BCUT2D eigenvalue weighted by atomic mass is 19.4. The number of phenols is 1. The Morgan fingerprint density at radius 3 is 2.41 bits per heavy atom. The van der Waals surface area contributed by atoms with E-state index in [4.69, 9.17) is 10.5 Å². The number of nitrogens with one attached hydrogen (secondary N) is 1. The van der Waals surface area contributed by atoms with Crippen LogP contribution in [0, 0.1) is 11.7 Å². The highest BCUT2D eigenvalue weighted by Gasteiger charge is 2.40. The molecule has 2 aromatic carbocycles. The zero-order chi connectivity index (χ0) is 20.4. The summed E-state index contributed by atoms with van der Waals surface area (Å²) in [4.78, 5) is 12.0. The van der Waals surface area contributed by atoms with Crippen molar-refractivity contribution in [3.8, 4) is 11.5 Å². The highest BCUT2D eigenvalue weighted by Crippen LogP contribution is 2.44. The Morgan fingerprint density at radius 1 is 1.22 bits per heavy atom. The maximum atomic E-state index is 13.9. The predicted molar refractivity (Wildman–Crippen MR) is 91.0 cm³/mol. The monoisotopic (exact) mass is 384 g/mol. The molecule has 0 bridgehead atoms. The minimum atomic E-state index is -4.97. The van der Waals surface area contributed by atoms with Gasteiger partial charge in [-0.25, -0.2) is 4.39 Å². The Labute approximate surface area is 153 Å². The van der Waals surface area contributed by atoms with Crippen molar-refractivity contribution in [3.63, 3.8) is 0 Å². The van der Waals surface area contributed by atoms with Gasteiger partial charge in [0.1, 0.15) is 29.5 Å².